The van der Waals surface area contributed by atoms with E-state index in [0.29, 0.717) is 25.1 Å². The molecule has 1 rings (SSSR count). The third kappa shape index (κ3) is 5.07. The quantitative estimate of drug-likeness (QED) is 0.324. The van der Waals surface area contributed by atoms with Crippen molar-refractivity contribution in [2.75, 3.05) is 11.4 Å². The molecule has 0 heterocycles. The minimum atomic E-state index is -9.66. The summed E-state index contributed by atoms with van der Waals surface area (Å²) in [6.07, 6.45) is 2.49. The number of nitrogens with zero attached hydrogens (tertiary/aromatic N) is 1. The maximum absolute atomic E-state index is 12.6. The van der Waals surface area contributed by atoms with E-state index < -0.39 is 15.1 Å². The van der Waals surface area contributed by atoms with Gasteiger partial charge in [0.25, 0.3) is 0 Å². The molecular formula is C12H18F5N3S. The molecule has 122 valence electrons. The van der Waals surface area contributed by atoms with Gasteiger partial charge in [0.2, 0.25) is 0 Å². The average molecular weight is 331 g/mol. The summed E-state index contributed by atoms with van der Waals surface area (Å²) in [4.78, 5) is -0.666. The predicted molar refractivity (Wildman–Crippen MR) is 76.6 cm³/mol. The number of benzene rings is 1. The number of hydrogen-bond donors (Lipinski definition) is 2. The molecule has 1 aromatic carbocycles. The Balaban J connectivity index is 3.02. The zero-order valence-electron chi connectivity index (χ0n) is 11.5. The molecule has 3 N–H and O–H groups in total. The lowest BCUT2D eigenvalue weighted by molar-refractivity contribution is 0.364. The van der Waals surface area contributed by atoms with Crippen molar-refractivity contribution >= 4 is 21.9 Å². The molecule has 0 radical (unpaired) electrons. The van der Waals surface area contributed by atoms with Gasteiger partial charge in [-0.05, 0) is 30.7 Å². The first-order valence-corrected chi connectivity index (χ1v) is 8.26. The topological polar surface area (TPSA) is 53.1 Å². The lowest BCUT2D eigenvalue weighted by Crippen LogP contribution is -2.37. The summed E-state index contributed by atoms with van der Waals surface area (Å²) >= 11 is 0. The van der Waals surface area contributed by atoms with E-state index in [1.807, 2.05) is 6.92 Å². The highest BCUT2D eigenvalue weighted by molar-refractivity contribution is 8.45. The first-order chi connectivity index (χ1) is 9.35. The minimum Gasteiger partial charge on any atom is -0.370 e. The van der Waals surface area contributed by atoms with E-state index in [4.69, 9.17) is 11.1 Å². The van der Waals surface area contributed by atoms with Crippen molar-refractivity contribution in [3.05, 3.63) is 24.3 Å². The number of halogens is 5. The Bertz CT molecular complexity index is 511. The number of nitrogens with one attached hydrogen (secondary N) is 1. The van der Waals surface area contributed by atoms with Gasteiger partial charge in [0.15, 0.2) is 5.96 Å². The van der Waals surface area contributed by atoms with Crippen molar-refractivity contribution in [2.45, 2.75) is 31.1 Å². The smallest absolute Gasteiger partial charge is 0.310 e. The van der Waals surface area contributed by atoms with Crippen LogP contribution in [0.3, 0.4) is 0 Å². The van der Waals surface area contributed by atoms with Crippen LogP contribution in [0.1, 0.15) is 26.2 Å². The van der Waals surface area contributed by atoms with Crippen LogP contribution < -0.4 is 10.6 Å². The Labute approximate surface area is 120 Å². The van der Waals surface area contributed by atoms with E-state index >= 15 is 0 Å². The van der Waals surface area contributed by atoms with Gasteiger partial charge in [-0.15, -0.1) is 0 Å². The van der Waals surface area contributed by atoms with Crippen molar-refractivity contribution in [2.24, 2.45) is 5.73 Å². The summed E-state index contributed by atoms with van der Waals surface area (Å²) in [6, 6.07) is 2.46. The Kier molecular flexibility index (Phi) is 4.21. The molecular weight excluding hydrogens is 313 g/mol. The molecule has 0 aliphatic heterocycles. The van der Waals surface area contributed by atoms with E-state index in [1.54, 1.807) is 0 Å². The van der Waals surface area contributed by atoms with Crippen LogP contribution in [0.5, 0.6) is 0 Å². The van der Waals surface area contributed by atoms with E-state index in [0.717, 1.165) is 25.0 Å². The van der Waals surface area contributed by atoms with Crippen molar-refractivity contribution in [3.8, 4) is 0 Å². The van der Waals surface area contributed by atoms with E-state index in [2.05, 4.69) is 0 Å². The largest absolute Gasteiger partial charge is 0.370 e. The van der Waals surface area contributed by atoms with Crippen LogP contribution in [0.25, 0.3) is 0 Å². The van der Waals surface area contributed by atoms with E-state index in [9.17, 15) is 19.4 Å². The van der Waals surface area contributed by atoms with Crippen molar-refractivity contribution in [1.82, 2.24) is 0 Å². The van der Waals surface area contributed by atoms with Crippen LogP contribution in [0.2, 0.25) is 0 Å². The Morgan fingerprint density at radius 1 is 1.10 bits per heavy atom. The molecule has 21 heavy (non-hydrogen) atoms. The van der Waals surface area contributed by atoms with Crippen LogP contribution >= 0.6 is 10.2 Å². The Morgan fingerprint density at radius 3 is 2.00 bits per heavy atom. The van der Waals surface area contributed by atoms with Gasteiger partial charge < -0.3 is 10.6 Å². The molecule has 1 aromatic rings. The first-order valence-electron chi connectivity index (χ1n) is 6.31. The average Bonchev–Trinajstić information content (AvgIpc) is 2.32. The highest BCUT2D eigenvalue weighted by Crippen LogP contribution is 3.02. The molecule has 0 saturated carbocycles. The zero-order chi connectivity index (χ0) is 16.4. The fourth-order valence-electron chi connectivity index (χ4n) is 1.79. The summed E-state index contributed by atoms with van der Waals surface area (Å²) in [6.45, 7) is 2.32. The molecule has 0 spiro atoms. The second-order valence-electron chi connectivity index (χ2n) is 4.71. The maximum Gasteiger partial charge on any atom is 0.310 e. The minimum absolute atomic E-state index is 0.184. The fraction of sp³-hybridized carbons (Fsp3) is 0.417. The van der Waals surface area contributed by atoms with Gasteiger partial charge in [-0.2, -0.15) is 0 Å². The van der Waals surface area contributed by atoms with Crippen LogP contribution in [0, 0.1) is 5.41 Å². The summed E-state index contributed by atoms with van der Waals surface area (Å²) in [5, 5.41) is 7.42. The number of hydrogen-bond acceptors (Lipinski definition) is 1. The molecule has 0 aliphatic rings. The van der Waals surface area contributed by atoms with Crippen LogP contribution in [0.15, 0.2) is 29.2 Å². The van der Waals surface area contributed by atoms with Crippen molar-refractivity contribution < 1.29 is 19.4 Å². The lowest BCUT2D eigenvalue weighted by Gasteiger charge is -2.40. The fourth-order valence-corrected chi connectivity index (χ4v) is 2.44. The van der Waals surface area contributed by atoms with Crippen molar-refractivity contribution in [3.63, 3.8) is 0 Å². The molecule has 0 fully saturated rings. The summed E-state index contributed by atoms with van der Waals surface area (Å²) in [5.41, 5.74) is 5.56. The lowest BCUT2D eigenvalue weighted by atomic mass is 10.2. The molecule has 0 saturated heterocycles. The predicted octanol–water partition coefficient (Wildman–Crippen LogP) is 5.23. The molecule has 0 amide bonds. The van der Waals surface area contributed by atoms with Crippen LogP contribution in [-0.4, -0.2) is 12.5 Å². The standard InChI is InChI=1S/C12H18F5N3S/c1-2-3-4-9-20(12(18)19)10-5-7-11(8-6-10)21(13,14,15,16)17/h5-8H,2-4,9H2,1H3,(H3,18,19). The van der Waals surface area contributed by atoms with Crippen LogP contribution in [-0.2, 0) is 0 Å². The molecule has 0 atom stereocenters. The summed E-state index contributed by atoms with van der Waals surface area (Å²) in [7, 11) is -9.66. The van der Waals surface area contributed by atoms with Gasteiger partial charge in [-0.1, -0.05) is 39.2 Å². The molecule has 0 aromatic heterocycles. The third-order valence-corrected chi connectivity index (χ3v) is 4.03. The molecule has 0 aliphatic carbocycles. The van der Waals surface area contributed by atoms with Gasteiger partial charge in [-0.3, -0.25) is 5.41 Å². The number of nitrogens with two attached hydrogens (primary N) is 1. The Hall–Kier alpha value is -1.51. The van der Waals surface area contributed by atoms with Crippen LogP contribution in [0.4, 0.5) is 25.1 Å². The summed E-state index contributed by atoms with van der Waals surface area (Å²) < 4.78 is 63.0. The number of anilines is 1. The maximum atomic E-state index is 12.6. The molecule has 3 nitrogen and oxygen atoms in total. The zero-order valence-corrected chi connectivity index (χ0v) is 12.3. The Morgan fingerprint density at radius 2 is 1.62 bits per heavy atom. The molecule has 0 unspecified atom stereocenters. The highest BCUT2D eigenvalue weighted by Gasteiger charge is 2.65. The van der Waals surface area contributed by atoms with Crippen molar-refractivity contribution in [1.29, 1.82) is 5.41 Å². The summed E-state index contributed by atoms with van der Waals surface area (Å²) in [5.74, 6) is -0.341. The number of guanidine groups is 1. The third-order valence-electron chi connectivity index (χ3n) is 2.87. The highest BCUT2D eigenvalue weighted by atomic mass is 32.5. The van der Waals surface area contributed by atoms with E-state index in [1.165, 1.54) is 4.90 Å². The van der Waals surface area contributed by atoms with E-state index in [-0.39, 0.29) is 11.6 Å². The van der Waals surface area contributed by atoms with Gasteiger partial charge in [0, 0.05) is 12.2 Å². The second kappa shape index (κ2) is 5.04. The molecule has 0 bridgehead atoms. The SMILES string of the molecule is CCCCCN(C(=N)N)c1ccc(S(F)(F)(F)(F)F)cc1. The normalized spacial score (nSPS) is 15.1. The van der Waals surface area contributed by atoms with Gasteiger partial charge in [0.1, 0.15) is 4.90 Å². The number of unbranched alkanes of at least 4 members (excludes halogenated alkanes) is 2. The van der Waals surface area contributed by atoms with Gasteiger partial charge in [0.05, 0.1) is 0 Å². The van der Waals surface area contributed by atoms with Gasteiger partial charge >= 0.3 is 10.2 Å². The number of rotatable bonds is 6. The second-order valence-corrected chi connectivity index (χ2v) is 7.12. The molecule has 9 heteroatoms. The first kappa shape index (κ1) is 17.5. The van der Waals surface area contributed by atoms with Gasteiger partial charge in [-0.25, -0.2) is 0 Å². The monoisotopic (exact) mass is 331 g/mol.